The van der Waals surface area contributed by atoms with Crippen molar-refractivity contribution in [2.45, 2.75) is 13.1 Å². The highest BCUT2D eigenvalue weighted by Gasteiger charge is 2.30. The maximum atomic E-state index is 12.7. The van der Waals surface area contributed by atoms with Gasteiger partial charge in [0, 0.05) is 11.0 Å². The van der Waals surface area contributed by atoms with Gasteiger partial charge in [-0.2, -0.15) is 13.2 Å². The fourth-order valence-corrected chi connectivity index (χ4v) is 2.59. The minimum atomic E-state index is -4.46. The lowest BCUT2D eigenvalue weighted by atomic mass is 10.1. The smallest absolute Gasteiger partial charge is 0.382 e. The van der Waals surface area contributed by atoms with Crippen molar-refractivity contribution >= 4 is 33.5 Å². The number of halogens is 4. The molecule has 2 aromatic rings. The summed E-state index contributed by atoms with van der Waals surface area (Å²) in [6.07, 6.45) is -2.12. The molecule has 7 heteroatoms. The summed E-state index contributed by atoms with van der Waals surface area (Å²) in [5.41, 5.74) is -0.877. The average Bonchev–Trinajstić information content (AvgIpc) is 2.73. The molecule has 0 unspecified atom stereocenters. The summed E-state index contributed by atoms with van der Waals surface area (Å²) in [5, 5.41) is 2.88. The molecular weight excluding hydrogens is 411 g/mol. The number of alkyl halides is 3. The molecule has 2 rings (SSSR count). The summed E-state index contributed by atoms with van der Waals surface area (Å²) < 4.78 is 38.8. The number of ketones is 1. The van der Waals surface area contributed by atoms with Crippen molar-refractivity contribution in [3.8, 4) is 0 Å². The Bertz CT molecular complexity index is 908. The molecule has 0 aliphatic rings. The molecule has 136 valence electrons. The topological polar surface area (TPSA) is 46.2 Å². The van der Waals surface area contributed by atoms with Crippen molar-refractivity contribution in [1.82, 2.24) is 0 Å². The second kappa shape index (κ2) is 8.31. The molecule has 0 saturated carbocycles. The van der Waals surface area contributed by atoms with Crippen molar-refractivity contribution in [2.24, 2.45) is 0 Å². The van der Waals surface area contributed by atoms with Crippen LogP contribution in [0.4, 0.5) is 18.9 Å². The monoisotopic (exact) mass is 425 g/mol. The van der Waals surface area contributed by atoms with Crippen LogP contribution in [-0.2, 0) is 6.18 Å². The SMILES string of the molecule is CCNc1ccc(Br)cc(C(=O)/C=C\c2cccc(C(F)(F)F)c2)c1=O. The molecular formula is C19H15BrF3NO2. The molecule has 0 atom stereocenters. The number of rotatable bonds is 5. The van der Waals surface area contributed by atoms with Crippen LogP contribution in [0.15, 0.2) is 57.8 Å². The third kappa shape index (κ3) is 5.05. The van der Waals surface area contributed by atoms with E-state index >= 15 is 0 Å². The number of carbonyl (C=O) groups is 1. The second-order valence-corrected chi connectivity index (χ2v) is 6.29. The van der Waals surface area contributed by atoms with Crippen LogP contribution in [0.2, 0.25) is 0 Å². The van der Waals surface area contributed by atoms with E-state index in [1.165, 1.54) is 24.3 Å². The molecule has 0 aromatic heterocycles. The van der Waals surface area contributed by atoms with Crippen LogP contribution in [0.5, 0.6) is 0 Å². The van der Waals surface area contributed by atoms with Crippen molar-refractivity contribution in [3.05, 3.63) is 79.9 Å². The van der Waals surface area contributed by atoms with Crippen molar-refractivity contribution in [1.29, 1.82) is 0 Å². The van der Waals surface area contributed by atoms with Gasteiger partial charge in [0.1, 0.15) is 0 Å². The second-order valence-electron chi connectivity index (χ2n) is 5.37. The van der Waals surface area contributed by atoms with Crippen molar-refractivity contribution in [3.63, 3.8) is 0 Å². The molecule has 26 heavy (non-hydrogen) atoms. The zero-order valence-corrected chi connectivity index (χ0v) is 15.3. The van der Waals surface area contributed by atoms with Crippen LogP contribution in [0.3, 0.4) is 0 Å². The Morgan fingerprint density at radius 1 is 1.19 bits per heavy atom. The van der Waals surface area contributed by atoms with E-state index in [1.54, 1.807) is 12.1 Å². The zero-order chi connectivity index (χ0) is 19.3. The molecule has 3 nitrogen and oxygen atoms in total. The maximum absolute atomic E-state index is 12.7. The summed E-state index contributed by atoms with van der Waals surface area (Å²) >= 11 is 3.24. The van der Waals surface area contributed by atoms with Gasteiger partial charge in [0.15, 0.2) is 5.78 Å². The maximum Gasteiger partial charge on any atom is 0.416 e. The van der Waals surface area contributed by atoms with Gasteiger partial charge in [0.25, 0.3) is 0 Å². The van der Waals surface area contributed by atoms with Gasteiger partial charge in [-0.05, 0) is 48.9 Å². The summed E-state index contributed by atoms with van der Waals surface area (Å²) in [6, 6.07) is 9.17. The molecule has 0 radical (unpaired) electrons. The Labute approximate surface area is 156 Å². The van der Waals surface area contributed by atoms with Crippen LogP contribution in [0.25, 0.3) is 6.08 Å². The van der Waals surface area contributed by atoms with E-state index in [9.17, 15) is 22.8 Å². The van der Waals surface area contributed by atoms with Crippen LogP contribution in [0, 0.1) is 0 Å². The van der Waals surface area contributed by atoms with Crippen molar-refractivity contribution in [2.75, 3.05) is 11.9 Å². The van der Waals surface area contributed by atoms with Gasteiger partial charge in [-0.15, -0.1) is 0 Å². The lowest BCUT2D eigenvalue weighted by Crippen LogP contribution is -2.15. The molecule has 0 aliphatic carbocycles. The average molecular weight is 426 g/mol. The summed E-state index contributed by atoms with van der Waals surface area (Å²) in [4.78, 5) is 24.9. The van der Waals surface area contributed by atoms with E-state index in [-0.39, 0.29) is 16.8 Å². The Hall–Kier alpha value is -2.41. The molecule has 0 saturated heterocycles. The van der Waals surface area contributed by atoms with Crippen LogP contribution >= 0.6 is 15.9 Å². The van der Waals surface area contributed by atoms with Gasteiger partial charge in [0.05, 0.1) is 16.8 Å². The minimum absolute atomic E-state index is 0.0824. The molecule has 0 bridgehead atoms. The standard InChI is InChI=1S/C19H15BrF3NO2/c1-2-24-16-8-7-14(20)11-15(18(16)26)17(25)9-6-12-4-3-5-13(10-12)19(21,22)23/h3-11H,2H2,1H3,(H,24,26)/b9-6-. The highest BCUT2D eigenvalue weighted by atomic mass is 79.9. The van der Waals surface area contributed by atoms with E-state index in [0.29, 0.717) is 11.0 Å². The Morgan fingerprint density at radius 2 is 1.92 bits per heavy atom. The number of hydrogen-bond acceptors (Lipinski definition) is 3. The van der Waals surface area contributed by atoms with E-state index in [2.05, 4.69) is 21.2 Å². The molecule has 0 heterocycles. The third-order valence-electron chi connectivity index (χ3n) is 3.45. The van der Waals surface area contributed by atoms with Crippen LogP contribution < -0.4 is 10.7 Å². The van der Waals surface area contributed by atoms with E-state index in [1.807, 2.05) is 6.92 Å². The minimum Gasteiger partial charge on any atom is -0.382 e. The fraction of sp³-hybridized carbons (Fsp3) is 0.158. The third-order valence-corrected chi connectivity index (χ3v) is 3.95. The number of nitrogens with one attached hydrogen (secondary N) is 1. The lowest BCUT2D eigenvalue weighted by Gasteiger charge is -2.06. The number of hydrogen-bond donors (Lipinski definition) is 1. The number of benzene rings is 1. The Balaban J connectivity index is 2.38. The summed E-state index contributed by atoms with van der Waals surface area (Å²) in [6.45, 7) is 2.32. The molecule has 0 aliphatic heterocycles. The number of anilines is 1. The highest BCUT2D eigenvalue weighted by molar-refractivity contribution is 9.10. The van der Waals surface area contributed by atoms with E-state index in [0.717, 1.165) is 18.2 Å². The molecule has 0 amide bonds. The fourth-order valence-electron chi connectivity index (χ4n) is 2.23. The quantitative estimate of drug-likeness (QED) is 0.531. The predicted molar refractivity (Wildman–Crippen MR) is 99.4 cm³/mol. The number of allylic oxidation sites excluding steroid dienone is 1. The van der Waals surface area contributed by atoms with Gasteiger partial charge >= 0.3 is 6.18 Å². The largest absolute Gasteiger partial charge is 0.416 e. The molecule has 1 N–H and O–H groups in total. The Kier molecular flexibility index (Phi) is 6.37. The normalized spacial score (nSPS) is 11.6. The van der Waals surface area contributed by atoms with Crippen molar-refractivity contribution < 1.29 is 18.0 Å². The molecule has 2 aromatic carbocycles. The van der Waals surface area contributed by atoms with E-state index < -0.39 is 23.0 Å². The lowest BCUT2D eigenvalue weighted by molar-refractivity contribution is -0.137. The van der Waals surface area contributed by atoms with Crippen LogP contribution in [0.1, 0.15) is 28.4 Å². The highest BCUT2D eigenvalue weighted by Crippen LogP contribution is 2.29. The van der Waals surface area contributed by atoms with Crippen LogP contribution in [-0.4, -0.2) is 12.3 Å². The first-order valence-electron chi connectivity index (χ1n) is 7.69. The van der Waals surface area contributed by atoms with Gasteiger partial charge in [-0.25, -0.2) is 0 Å². The first kappa shape index (κ1) is 19.9. The Morgan fingerprint density at radius 3 is 2.58 bits per heavy atom. The van der Waals surface area contributed by atoms with E-state index in [4.69, 9.17) is 0 Å². The first-order valence-corrected chi connectivity index (χ1v) is 8.49. The number of carbonyl (C=O) groups excluding carboxylic acids is 1. The molecule has 0 spiro atoms. The molecule has 0 fully saturated rings. The van der Waals surface area contributed by atoms with Gasteiger partial charge < -0.3 is 5.32 Å². The van der Waals surface area contributed by atoms with Gasteiger partial charge in [0.2, 0.25) is 5.43 Å². The zero-order valence-electron chi connectivity index (χ0n) is 13.7. The first-order chi connectivity index (χ1) is 12.2. The summed E-state index contributed by atoms with van der Waals surface area (Å²) in [7, 11) is 0. The summed E-state index contributed by atoms with van der Waals surface area (Å²) in [5.74, 6) is -0.594. The predicted octanol–water partition coefficient (Wildman–Crippen LogP) is 5.16. The van der Waals surface area contributed by atoms with Gasteiger partial charge in [-0.3, -0.25) is 9.59 Å². The van der Waals surface area contributed by atoms with Gasteiger partial charge in [-0.1, -0.05) is 34.1 Å².